The van der Waals surface area contributed by atoms with Crippen LogP contribution in [-0.4, -0.2) is 34.5 Å². The van der Waals surface area contributed by atoms with E-state index in [4.69, 9.17) is 0 Å². The monoisotopic (exact) mass is 339 g/mol. The Morgan fingerprint density at radius 1 is 1.40 bits per heavy atom. The average molecular weight is 340 g/mol. The molecular weight excluding hydrogens is 322 g/mol. The third-order valence-electron chi connectivity index (χ3n) is 3.97. The second kappa shape index (κ2) is 5.95. The minimum atomic E-state index is -0.818. The van der Waals surface area contributed by atoms with Crippen molar-refractivity contribution in [1.29, 1.82) is 0 Å². The summed E-state index contributed by atoms with van der Waals surface area (Å²) in [6, 6.07) is 5.20. The second-order valence-corrected chi connectivity index (χ2v) is 6.14. The van der Waals surface area contributed by atoms with Gasteiger partial charge < -0.3 is 10.0 Å². The van der Waals surface area contributed by atoms with Crippen molar-refractivity contribution in [3.63, 3.8) is 0 Å². The smallest absolute Gasteiger partial charge is 0.308 e. The topological polar surface area (TPSA) is 57.6 Å². The van der Waals surface area contributed by atoms with E-state index in [-0.39, 0.29) is 11.9 Å². The maximum atomic E-state index is 12.6. The molecule has 1 N–H and O–H groups in total. The van der Waals surface area contributed by atoms with E-state index < -0.39 is 11.9 Å². The molecule has 1 aromatic rings. The van der Waals surface area contributed by atoms with Crippen LogP contribution in [0.15, 0.2) is 22.7 Å². The van der Waals surface area contributed by atoms with Gasteiger partial charge in [0.2, 0.25) is 0 Å². The van der Waals surface area contributed by atoms with Crippen LogP contribution in [0.4, 0.5) is 0 Å². The number of hydrogen-bond donors (Lipinski definition) is 1. The molecule has 108 valence electrons. The zero-order valence-corrected chi connectivity index (χ0v) is 13.2. The highest BCUT2D eigenvalue weighted by atomic mass is 79.9. The summed E-state index contributed by atoms with van der Waals surface area (Å²) in [6.07, 6.45) is 1.38. The van der Waals surface area contributed by atoms with Gasteiger partial charge in [-0.25, -0.2) is 0 Å². The van der Waals surface area contributed by atoms with Crippen molar-refractivity contribution >= 4 is 27.8 Å². The molecule has 1 heterocycles. The highest BCUT2D eigenvalue weighted by Crippen LogP contribution is 2.26. The largest absolute Gasteiger partial charge is 0.481 e. The van der Waals surface area contributed by atoms with Gasteiger partial charge in [-0.15, -0.1) is 0 Å². The summed E-state index contributed by atoms with van der Waals surface area (Å²) in [5.74, 6) is -1.37. The first-order valence-electron chi connectivity index (χ1n) is 6.71. The van der Waals surface area contributed by atoms with E-state index in [0.717, 1.165) is 16.5 Å². The number of halogens is 1. The molecule has 0 unspecified atom stereocenters. The van der Waals surface area contributed by atoms with Gasteiger partial charge in [0.25, 0.3) is 5.91 Å². The number of amides is 1. The first-order chi connectivity index (χ1) is 9.41. The van der Waals surface area contributed by atoms with Gasteiger partial charge in [-0.3, -0.25) is 9.59 Å². The zero-order valence-electron chi connectivity index (χ0n) is 11.6. The number of aryl methyl sites for hydroxylation is 1. The van der Waals surface area contributed by atoms with Gasteiger partial charge >= 0.3 is 5.97 Å². The van der Waals surface area contributed by atoms with Crippen LogP contribution in [0.3, 0.4) is 0 Å². The van der Waals surface area contributed by atoms with Gasteiger partial charge in [0.05, 0.1) is 5.92 Å². The molecule has 2 atom stereocenters. The lowest BCUT2D eigenvalue weighted by Crippen LogP contribution is -2.49. The average Bonchev–Trinajstić information content (AvgIpc) is 2.41. The van der Waals surface area contributed by atoms with E-state index in [1.165, 1.54) is 0 Å². The van der Waals surface area contributed by atoms with E-state index in [1.807, 2.05) is 26.0 Å². The normalized spacial score (nSPS) is 22.6. The van der Waals surface area contributed by atoms with Crippen molar-refractivity contribution < 1.29 is 14.7 Å². The van der Waals surface area contributed by atoms with Crippen molar-refractivity contribution in [2.24, 2.45) is 5.92 Å². The number of carboxylic acids is 1. The Morgan fingerprint density at radius 2 is 2.10 bits per heavy atom. The third kappa shape index (κ3) is 2.87. The van der Waals surface area contributed by atoms with Crippen molar-refractivity contribution in [1.82, 2.24) is 4.90 Å². The minimum Gasteiger partial charge on any atom is -0.481 e. The Balaban J connectivity index is 2.23. The molecule has 1 aliphatic rings. The number of aliphatic carboxylic acids is 1. The molecule has 1 aromatic carbocycles. The van der Waals surface area contributed by atoms with Crippen molar-refractivity contribution in [2.75, 3.05) is 6.54 Å². The van der Waals surface area contributed by atoms with Gasteiger partial charge in [-0.1, -0.05) is 15.9 Å². The molecule has 1 aliphatic heterocycles. The van der Waals surface area contributed by atoms with Crippen LogP contribution in [0, 0.1) is 12.8 Å². The molecule has 4 nitrogen and oxygen atoms in total. The fourth-order valence-corrected chi connectivity index (χ4v) is 2.95. The molecule has 1 fully saturated rings. The lowest BCUT2D eigenvalue weighted by atomic mass is 9.90. The Morgan fingerprint density at radius 3 is 2.70 bits per heavy atom. The van der Waals surface area contributed by atoms with E-state index in [0.29, 0.717) is 18.5 Å². The highest BCUT2D eigenvalue weighted by Gasteiger charge is 2.35. The molecular formula is C15H18BrNO3. The summed E-state index contributed by atoms with van der Waals surface area (Å²) >= 11 is 3.41. The van der Waals surface area contributed by atoms with Gasteiger partial charge in [-0.05, 0) is 50.5 Å². The summed E-state index contributed by atoms with van der Waals surface area (Å²) in [6.45, 7) is 4.38. The fraction of sp³-hybridized carbons (Fsp3) is 0.467. The van der Waals surface area contributed by atoms with Crippen molar-refractivity contribution in [2.45, 2.75) is 32.7 Å². The summed E-state index contributed by atoms with van der Waals surface area (Å²) in [4.78, 5) is 25.5. The fourth-order valence-electron chi connectivity index (χ4n) is 2.70. The van der Waals surface area contributed by atoms with Gasteiger partial charge in [0.1, 0.15) is 0 Å². The summed E-state index contributed by atoms with van der Waals surface area (Å²) in [5, 5.41) is 9.22. The maximum absolute atomic E-state index is 12.6. The zero-order chi connectivity index (χ0) is 14.9. The molecule has 0 aromatic heterocycles. The van der Waals surface area contributed by atoms with E-state index in [1.54, 1.807) is 11.0 Å². The number of piperidine rings is 1. The molecule has 20 heavy (non-hydrogen) atoms. The van der Waals surface area contributed by atoms with Crippen molar-refractivity contribution in [3.8, 4) is 0 Å². The molecule has 2 rings (SSSR count). The summed E-state index contributed by atoms with van der Waals surface area (Å²) in [5.41, 5.74) is 1.61. The molecule has 1 amide bonds. The predicted molar refractivity (Wildman–Crippen MR) is 79.7 cm³/mol. The standard InChI is InChI=1S/C15H18BrNO3/c1-9-8-11(5-6-13(9)16)14(18)17-7-3-4-12(10(17)2)15(19)20/h5-6,8,10,12H,3-4,7H2,1-2H3,(H,19,20)/t10-,12-/m1/s1. The number of carbonyl (C=O) groups is 2. The van der Waals surface area contributed by atoms with Gasteiger partial charge in [0, 0.05) is 22.6 Å². The van der Waals surface area contributed by atoms with Gasteiger partial charge in [0.15, 0.2) is 0 Å². The quantitative estimate of drug-likeness (QED) is 0.900. The van der Waals surface area contributed by atoms with Crippen LogP contribution in [0.5, 0.6) is 0 Å². The number of carbonyl (C=O) groups excluding carboxylic acids is 1. The van der Waals surface area contributed by atoms with E-state index >= 15 is 0 Å². The molecule has 0 radical (unpaired) electrons. The molecule has 0 spiro atoms. The number of carboxylic acid groups (broad SMARTS) is 1. The number of likely N-dealkylation sites (tertiary alicyclic amines) is 1. The second-order valence-electron chi connectivity index (χ2n) is 5.29. The Hall–Kier alpha value is -1.36. The molecule has 1 saturated heterocycles. The van der Waals surface area contributed by atoms with Crippen LogP contribution in [0.1, 0.15) is 35.7 Å². The molecule has 0 bridgehead atoms. The SMILES string of the molecule is Cc1cc(C(=O)N2CCC[C@@H](C(=O)O)[C@H]2C)ccc1Br. The lowest BCUT2D eigenvalue weighted by molar-refractivity contribution is -0.144. The van der Waals surface area contributed by atoms with Crippen LogP contribution < -0.4 is 0 Å². The van der Waals surface area contributed by atoms with Crippen LogP contribution in [-0.2, 0) is 4.79 Å². The predicted octanol–water partition coefficient (Wildman–Crippen LogP) is 3.08. The molecule has 0 saturated carbocycles. The lowest BCUT2D eigenvalue weighted by Gasteiger charge is -2.37. The summed E-state index contributed by atoms with van der Waals surface area (Å²) in [7, 11) is 0. The third-order valence-corrected chi connectivity index (χ3v) is 4.86. The minimum absolute atomic E-state index is 0.0842. The van der Waals surface area contributed by atoms with Crippen LogP contribution in [0.25, 0.3) is 0 Å². The van der Waals surface area contributed by atoms with Gasteiger partial charge in [-0.2, -0.15) is 0 Å². The number of rotatable bonds is 2. The Labute approximate surface area is 126 Å². The number of benzene rings is 1. The van der Waals surface area contributed by atoms with E-state index in [9.17, 15) is 14.7 Å². The van der Waals surface area contributed by atoms with E-state index in [2.05, 4.69) is 15.9 Å². The van der Waals surface area contributed by atoms with Crippen LogP contribution >= 0.6 is 15.9 Å². The van der Waals surface area contributed by atoms with Crippen LogP contribution in [0.2, 0.25) is 0 Å². The molecule has 0 aliphatic carbocycles. The molecule has 5 heteroatoms. The number of hydrogen-bond acceptors (Lipinski definition) is 2. The van der Waals surface area contributed by atoms with Crippen molar-refractivity contribution in [3.05, 3.63) is 33.8 Å². The maximum Gasteiger partial charge on any atom is 0.308 e. The first kappa shape index (κ1) is 15.0. The highest BCUT2D eigenvalue weighted by molar-refractivity contribution is 9.10. The summed E-state index contributed by atoms with van der Waals surface area (Å²) < 4.78 is 0.962. The Bertz CT molecular complexity index is 544. The number of nitrogens with zero attached hydrogens (tertiary/aromatic N) is 1. The first-order valence-corrected chi connectivity index (χ1v) is 7.51. The Kier molecular flexibility index (Phi) is 4.48.